The van der Waals surface area contributed by atoms with Crippen LogP contribution in [-0.2, 0) is 19.6 Å². The van der Waals surface area contributed by atoms with E-state index in [9.17, 15) is 13.2 Å². The maximum atomic E-state index is 14.8. The summed E-state index contributed by atoms with van der Waals surface area (Å²) in [4.78, 5) is 0. The summed E-state index contributed by atoms with van der Waals surface area (Å²) in [7, 11) is 0. The molecule has 0 bridgehead atoms. The molecule has 0 aliphatic carbocycles. The fourth-order valence-corrected chi connectivity index (χ4v) is 3.19. The largest absolute Gasteiger partial charge is 0.486 e. The summed E-state index contributed by atoms with van der Waals surface area (Å²) in [6, 6.07) is 17.0. The van der Waals surface area contributed by atoms with Crippen molar-refractivity contribution < 1.29 is 23.0 Å². The second kappa shape index (κ2) is 9.61. The maximum absolute atomic E-state index is 14.8. The highest BCUT2D eigenvalue weighted by atomic mass is 19.3. The van der Waals surface area contributed by atoms with Crippen LogP contribution in [-0.4, -0.2) is 5.11 Å². The van der Waals surface area contributed by atoms with E-state index in [0.717, 1.165) is 18.4 Å². The number of halogens is 3. The van der Waals surface area contributed by atoms with E-state index in [2.05, 4.69) is 6.92 Å². The predicted molar refractivity (Wildman–Crippen MR) is 107 cm³/mol. The Bertz CT molecular complexity index is 936. The molecule has 0 saturated heterocycles. The Morgan fingerprint density at radius 2 is 1.48 bits per heavy atom. The van der Waals surface area contributed by atoms with Gasteiger partial charge in [0.2, 0.25) is 0 Å². The lowest BCUT2D eigenvalue weighted by atomic mass is 9.98. The van der Waals surface area contributed by atoms with Gasteiger partial charge in [0.15, 0.2) is 11.6 Å². The molecular formula is C24H23F3O2. The minimum atomic E-state index is -2.99. The van der Waals surface area contributed by atoms with Gasteiger partial charge in [-0.25, -0.2) is 13.2 Å². The summed E-state index contributed by atoms with van der Waals surface area (Å²) in [5.41, 5.74) is 2.58. The van der Waals surface area contributed by atoms with E-state index in [1.54, 1.807) is 24.3 Å². The molecule has 2 nitrogen and oxygen atoms in total. The van der Waals surface area contributed by atoms with Crippen LogP contribution in [0.1, 0.15) is 42.0 Å². The zero-order valence-electron chi connectivity index (χ0n) is 16.2. The molecule has 0 heterocycles. The molecule has 0 saturated carbocycles. The summed E-state index contributed by atoms with van der Waals surface area (Å²) in [5, 5.41) is 9.12. The van der Waals surface area contributed by atoms with Gasteiger partial charge in [-0.3, -0.25) is 0 Å². The molecule has 3 aromatic rings. The Kier molecular flexibility index (Phi) is 6.94. The van der Waals surface area contributed by atoms with Crippen molar-refractivity contribution in [2.24, 2.45) is 0 Å². The smallest absolute Gasteiger partial charge is 0.267 e. The van der Waals surface area contributed by atoms with Crippen LogP contribution < -0.4 is 4.74 Å². The van der Waals surface area contributed by atoms with Crippen LogP contribution in [0.5, 0.6) is 5.75 Å². The van der Waals surface area contributed by atoms with E-state index >= 15 is 0 Å². The predicted octanol–water partition coefficient (Wildman–Crippen LogP) is 6.45. The third-order valence-corrected chi connectivity index (χ3v) is 4.77. The van der Waals surface area contributed by atoms with Gasteiger partial charge in [-0.15, -0.1) is 0 Å². The van der Waals surface area contributed by atoms with Crippen molar-refractivity contribution in [1.29, 1.82) is 0 Å². The normalized spacial score (nSPS) is 11.1. The average Bonchev–Trinajstić information content (AvgIpc) is 2.73. The van der Waals surface area contributed by atoms with Gasteiger partial charge in [-0.2, -0.15) is 0 Å². The zero-order valence-corrected chi connectivity index (χ0v) is 16.2. The van der Waals surface area contributed by atoms with Gasteiger partial charge in [0, 0.05) is 0 Å². The van der Waals surface area contributed by atoms with Crippen molar-refractivity contribution >= 4 is 0 Å². The van der Waals surface area contributed by atoms with Crippen molar-refractivity contribution in [3.8, 4) is 16.9 Å². The fourth-order valence-electron chi connectivity index (χ4n) is 3.19. The van der Waals surface area contributed by atoms with E-state index < -0.39 is 17.8 Å². The summed E-state index contributed by atoms with van der Waals surface area (Å²) in [5.74, 6) is -1.25. The van der Waals surface area contributed by atoms with Crippen molar-refractivity contribution in [2.45, 2.75) is 39.4 Å². The quantitative estimate of drug-likeness (QED) is 0.471. The molecule has 0 aliphatic rings. The lowest BCUT2D eigenvalue weighted by molar-refractivity contribution is 0.145. The molecule has 0 aromatic heterocycles. The van der Waals surface area contributed by atoms with Gasteiger partial charge in [-0.05, 0) is 46.4 Å². The van der Waals surface area contributed by atoms with E-state index in [1.807, 2.05) is 24.3 Å². The number of aryl methyl sites for hydroxylation is 1. The van der Waals surface area contributed by atoms with Gasteiger partial charge < -0.3 is 9.84 Å². The fraction of sp³-hybridized carbons (Fsp3) is 0.250. The van der Waals surface area contributed by atoms with Crippen LogP contribution in [0.2, 0.25) is 0 Å². The van der Waals surface area contributed by atoms with E-state index in [1.165, 1.54) is 17.7 Å². The van der Waals surface area contributed by atoms with Crippen molar-refractivity contribution in [2.75, 3.05) is 0 Å². The molecule has 29 heavy (non-hydrogen) atoms. The first-order valence-electron chi connectivity index (χ1n) is 9.54. The van der Waals surface area contributed by atoms with Crippen LogP contribution in [0.25, 0.3) is 11.1 Å². The maximum Gasteiger partial charge on any atom is 0.267 e. The highest BCUT2D eigenvalue weighted by molar-refractivity contribution is 5.69. The number of hydrogen-bond donors (Lipinski definition) is 1. The summed E-state index contributed by atoms with van der Waals surface area (Å²) < 4.78 is 47.6. The lowest BCUT2D eigenvalue weighted by Gasteiger charge is -2.15. The summed E-state index contributed by atoms with van der Waals surface area (Å²) >= 11 is 0. The Hall–Kier alpha value is -2.79. The van der Waals surface area contributed by atoms with E-state index in [0.29, 0.717) is 11.1 Å². The number of alkyl halides is 2. The van der Waals surface area contributed by atoms with E-state index in [4.69, 9.17) is 9.84 Å². The van der Waals surface area contributed by atoms with Gasteiger partial charge in [0.25, 0.3) is 6.43 Å². The highest BCUT2D eigenvalue weighted by Gasteiger charge is 2.23. The van der Waals surface area contributed by atoms with Crippen molar-refractivity contribution in [3.05, 3.63) is 88.7 Å². The number of rotatable bonds is 8. The molecule has 0 radical (unpaired) electrons. The van der Waals surface area contributed by atoms with Gasteiger partial charge in [-0.1, -0.05) is 61.9 Å². The van der Waals surface area contributed by atoms with Crippen molar-refractivity contribution in [1.82, 2.24) is 0 Å². The summed E-state index contributed by atoms with van der Waals surface area (Å²) in [6.07, 6.45) is -0.958. The standard InChI is InChI=1S/C24H23F3O2/c1-2-3-16-4-6-18(7-5-16)15-29-21-13-12-20(22(23(21)25)24(26)27)19-10-8-17(14-28)9-11-19/h4-13,24,28H,2-3,14-15H2,1H3. The Labute approximate surface area is 168 Å². The molecule has 3 rings (SSSR count). The first-order chi connectivity index (χ1) is 14.0. The number of aliphatic hydroxyl groups is 1. The molecule has 1 N–H and O–H groups in total. The second-order valence-corrected chi connectivity index (χ2v) is 6.85. The van der Waals surface area contributed by atoms with Crippen LogP contribution in [0, 0.1) is 5.82 Å². The summed E-state index contributed by atoms with van der Waals surface area (Å²) in [6.45, 7) is 2.05. The molecule has 0 fully saturated rings. The zero-order chi connectivity index (χ0) is 20.8. The van der Waals surface area contributed by atoms with Gasteiger partial charge >= 0.3 is 0 Å². The topological polar surface area (TPSA) is 29.5 Å². The molecular weight excluding hydrogens is 377 g/mol. The average molecular weight is 400 g/mol. The minimum Gasteiger partial charge on any atom is -0.486 e. The van der Waals surface area contributed by atoms with Crippen LogP contribution in [0.4, 0.5) is 13.2 Å². The number of ether oxygens (including phenoxy) is 1. The van der Waals surface area contributed by atoms with Crippen LogP contribution in [0.15, 0.2) is 60.7 Å². The number of hydrogen-bond acceptors (Lipinski definition) is 2. The Morgan fingerprint density at radius 1 is 0.862 bits per heavy atom. The molecule has 0 spiro atoms. The third kappa shape index (κ3) is 4.98. The lowest BCUT2D eigenvalue weighted by Crippen LogP contribution is -2.02. The monoisotopic (exact) mass is 400 g/mol. The Balaban J connectivity index is 1.83. The van der Waals surface area contributed by atoms with Gasteiger partial charge in [0.1, 0.15) is 6.61 Å². The molecule has 0 atom stereocenters. The second-order valence-electron chi connectivity index (χ2n) is 6.85. The molecule has 5 heteroatoms. The molecule has 0 amide bonds. The highest BCUT2D eigenvalue weighted by Crippen LogP contribution is 2.37. The van der Waals surface area contributed by atoms with Crippen molar-refractivity contribution in [3.63, 3.8) is 0 Å². The third-order valence-electron chi connectivity index (χ3n) is 4.77. The SMILES string of the molecule is CCCc1ccc(COc2ccc(-c3ccc(CO)cc3)c(C(F)F)c2F)cc1. The van der Waals surface area contributed by atoms with Gasteiger partial charge in [0.05, 0.1) is 12.2 Å². The molecule has 0 unspecified atom stereocenters. The first kappa shape index (κ1) is 20.9. The molecule has 3 aromatic carbocycles. The number of aliphatic hydroxyl groups excluding tert-OH is 1. The minimum absolute atomic E-state index is 0.0938. The molecule has 0 aliphatic heterocycles. The van der Waals surface area contributed by atoms with E-state index in [-0.39, 0.29) is 24.5 Å². The number of benzene rings is 3. The van der Waals surface area contributed by atoms with Crippen LogP contribution >= 0.6 is 0 Å². The molecule has 152 valence electrons. The first-order valence-corrected chi connectivity index (χ1v) is 9.54. The Morgan fingerprint density at radius 3 is 2.07 bits per heavy atom. The van der Waals surface area contributed by atoms with Crippen LogP contribution in [0.3, 0.4) is 0 Å².